The molecular formula is C42H44N3P. The van der Waals surface area contributed by atoms with Gasteiger partial charge in [-0.05, 0) is 128 Å². The van der Waals surface area contributed by atoms with Gasteiger partial charge in [0.05, 0.1) is 16.3 Å². The van der Waals surface area contributed by atoms with E-state index in [0.29, 0.717) is 8.58 Å². The number of aromatic nitrogens is 1. The monoisotopic (exact) mass is 621 g/mol. The van der Waals surface area contributed by atoms with Crippen molar-refractivity contribution in [2.75, 3.05) is 9.80 Å². The molecule has 2 radical (unpaired) electrons. The van der Waals surface area contributed by atoms with Crippen LogP contribution in [0.3, 0.4) is 0 Å². The molecule has 3 nitrogen and oxygen atoms in total. The fourth-order valence-electron chi connectivity index (χ4n) is 7.68. The highest BCUT2D eigenvalue weighted by Gasteiger charge is 2.44. The van der Waals surface area contributed by atoms with Gasteiger partial charge in [0, 0.05) is 23.8 Å². The van der Waals surface area contributed by atoms with Gasteiger partial charge in [0.15, 0.2) is 0 Å². The van der Waals surface area contributed by atoms with Crippen molar-refractivity contribution < 1.29 is 0 Å². The molecule has 0 N–H and O–H groups in total. The summed E-state index contributed by atoms with van der Waals surface area (Å²) in [5.41, 5.74) is 18.5. The Bertz CT molecular complexity index is 1830. The lowest BCUT2D eigenvalue weighted by Gasteiger charge is -2.39. The zero-order valence-electron chi connectivity index (χ0n) is 28.6. The Morgan fingerprint density at radius 2 is 1.09 bits per heavy atom. The SMILES string of the molecule is Cc1cc(C)c(N2[C]N(c3c(C)cc(C)cc3C)C(PC(c3ccccc3)(c3ccccn3)c3c(C)cc(C)cc3C)=C2)c(C)c1. The van der Waals surface area contributed by atoms with Crippen LogP contribution < -0.4 is 9.80 Å². The van der Waals surface area contributed by atoms with E-state index in [-0.39, 0.29) is 0 Å². The Morgan fingerprint density at radius 1 is 0.587 bits per heavy atom. The van der Waals surface area contributed by atoms with Crippen LogP contribution in [0.15, 0.2) is 103 Å². The summed E-state index contributed by atoms with van der Waals surface area (Å²) in [6.45, 7) is 23.8. The van der Waals surface area contributed by atoms with E-state index in [1.54, 1.807) is 0 Å². The Morgan fingerprint density at radius 3 is 1.61 bits per heavy atom. The molecule has 1 aromatic heterocycles. The molecule has 1 aliphatic heterocycles. The molecule has 4 heteroatoms. The fourth-order valence-corrected chi connectivity index (χ4v) is 9.63. The first-order valence-electron chi connectivity index (χ1n) is 16.1. The van der Waals surface area contributed by atoms with Crippen LogP contribution in [0.4, 0.5) is 11.4 Å². The first kappa shape index (κ1) is 31.8. The second-order valence-corrected chi connectivity index (χ2v) is 14.6. The number of hydrogen-bond donors (Lipinski definition) is 0. The molecule has 5 aromatic rings. The molecule has 0 bridgehead atoms. The van der Waals surface area contributed by atoms with Crippen molar-refractivity contribution in [3.8, 4) is 0 Å². The third-order valence-corrected chi connectivity index (χ3v) is 10.8. The van der Waals surface area contributed by atoms with E-state index in [0.717, 1.165) is 5.69 Å². The minimum absolute atomic E-state index is 0.307. The molecule has 6 rings (SSSR count). The van der Waals surface area contributed by atoms with E-state index in [2.05, 4.69) is 164 Å². The molecular weight excluding hydrogens is 577 g/mol. The van der Waals surface area contributed by atoms with Crippen molar-refractivity contribution >= 4 is 20.0 Å². The summed E-state index contributed by atoms with van der Waals surface area (Å²) in [5.74, 6) is 0. The number of pyridine rings is 1. The minimum Gasteiger partial charge on any atom is -0.314 e. The average molecular weight is 622 g/mol. The van der Waals surface area contributed by atoms with Crippen LogP contribution in [0.1, 0.15) is 66.9 Å². The maximum atomic E-state index is 5.14. The van der Waals surface area contributed by atoms with Gasteiger partial charge in [-0.15, -0.1) is 0 Å². The molecule has 0 saturated heterocycles. The predicted octanol–water partition coefficient (Wildman–Crippen LogP) is 10.6. The largest absolute Gasteiger partial charge is 0.314 e. The van der Waals surface area contributed by atoms with Crippen LogP contribution in [0, 0.1) is 69.0 Å². The summed E-state index contributed by atoms with van der Waals surface area (Å²) in [5, 5.41) is -0.532. The zero-order valence-corrected chi connectivity index (χ0v) is 29.6. The third-order valence-electron chi connectivity index (χ3n) is 9.06. The van der Waals surface area contributed by atoms with Gasteiger partial charge < -0.3 is 9.80 Å². The lowest BCUT2D eigenvalue weighted by molar-refractivity contribution is 0.822. The highest BCUT2D eigenvalue weighted by Crippen LogP contribution is 2.59. The molecule has 1 aliphatic rings. The van der Waals surface area contributed by atoms with Gasteiger partial charge in [-0.2, -0.15) is 0 Å². The van der Waals surface area contributed by atoms with Gasteiger partial charge in [0.25, 0.3) is 0 Å². The van der Waals surface area contributed by atoms with E-state index in [1.165, 1.54) is 78.0 Å². The van der Waals surface area contributed by atoms with Gasteiger partial charge in [0.1, 0.15) is 0 Å². The molecule has 232 valence electrons. The second-order valence-electron chi connectivity index (χ2n) is 13.0. The number of nitrogens with zero attached hydrogens (tertiary/aromatic N) is 3. The molecule has 0 spiro atoms. The fraction of sp³-hybridized carbons (Fsp3) is 0.238. The Balaban J connectivity index is 1.66. The van der Waals surface area contributed by atoms with E-state index in [1.807, 2.05) is 12.3 Å². The number of benzene rings is 4. The molecule has 0 aliphatic carbocycles. The molecule has 2 atom stereocenters. The van der Waals surface area contributed by atoms with Crippen LogP contribution in [-0.2, 0) is 5.16 Å². The Hall–Kier alpha value is -4.20. The second kappa shape index (κ2) is 12.5. The summed E-state index contributed by atoms with van der Waals surface area (Å²) in [6.07, 6.45) is 4.26. The van der Waals surface area contributed by atoms with Crippen molar-refractivity contribution in [1.29, 1.82) is 0 Å². The highest BCUT2D eigenvalue weighted by atomic mass is 31.1. The topological polar surface area (TPSA) is 19.4 Å². The molecule has 0 saturated carbocycles. The van der Waals surface area contributed by atoms with Crippen LogP contribution in [0.25, 0.3) is 0 Å². The van der Waals surface area contributed by atoms with Crippen LogP contribution in [0.2, 0.25) is 0 Å². The van der Waals surface area contributed by atoms with Gasteiger partial charge in [-0.3, -0.25) is 4.98 Å². The average Bonchev–Trinajstić information content (AvgIpc) is 3.38. The van der Waals surface area contributed by atoms with E-state index in [4.69, 9.17) is 4.98 Å². The Labute approximate surface area is 277 Å². The molecule has 2 heterocycles. The van der Waals surface area contributed by atoms with Crippen molar-refractivity contribution in [1.82, 2.24) is 4.98 Å². The number of aryl methyl sites for hydroxylation is 9. The smallest absolute Gasteiger partial charge is 0.218 e. The standard InChI is InChI=1S/C42H44N3P/c1-27-19-30(4)39(31(5)20-27)42(36-15-11-10-12-16-36,37-17-13-14-18-43-37)46-38-25-44(40-32(6)21-28(2)22-33(40)7)26-45(38)41-34(8)23-29(3)24-35(41)9/h10-25,46H,1-9H3. The van der Waals surface area contributed by atoms with Crippen molar-refractivity contribution in [3.05, 3.63) is 176 Å². The van der Waals surface area contributed by atoms with E-state index >= 15 is 0 Å². The summed E-state index contributed by atoms with van der Waals surface area (Å²) in [7, 11) is 0.307. The first-order valence-corrected chi connectivity index (χ1v) is 17.1. The summed E-state index contributed by atoms with van der Waals surface area (Å²) in [6, 6.07) is 31.1. The quantitative estimate of drug-likeness (QED) is 0.169. The summed E-state index contributed by atoms with van der Waals surface area (Å²) >= 11 is 0. The normalized spacial score (nSPS) is 14.7. The lowest BCUT2D eigenvalue weighted by atomic mass is 9.81. The molecule has 0 fully saturated rings. The highest BCUT2D eigenvalue weighted by molar-refractivity contribution is 7.45. The molecule has 46 heavy (non-hydrogen) atoms. The van der Waals surface area contributed by atoms with E-state index in [9.17, 15) is 0 Å². The predicted molar refractivity (Wildman–Crippen MR) is 197 cm³/mol. The van der Waals surface area contributed by atoms with Crippen LogP contribution >= 0.6 is 8.58 Å². The number of hydrogen-bond acceptors (Lipinski definition) is 3. The molecule has 4 aromatic carbocycles. The van der Waals surface area contributed by atoms with Crippen molar-refractivity contribution in [2.24, 2.45) is 0 Å². The summed E-state index contributed by atoms with van der Waals surface area (Å²) < 4.78 is 0. The molecule has 0 amide bonds. The van der Waals surface area contributed by atoms with Gasteiger partial charge >= 0.3 is 0 Å². The zero-order chi connectivity index (χ0) is 32.7. The van der Waals surface area contributed by atoms with Gasteiger partial charge in [-0.25, -0.2) is 0 Å². The van der Waals surface area contributed by atoms with Crippen LogP contribution in [0.5, 0.6) is 0 Å². The number of anilines is 2. The van der Waals surface area contributed by atoms with Gasteiger partial charge in [-0.1, -0.05) is 89.5 Å². The maximum absolute atomic E-state index is 5.14. The Kier molecular flexibility index (Phi) is 8.66. The first-order chi connectivity index (χ1) is 22.0. The molecule has 2 unspecified atom stereocenters. The number of rotatable bonds is 7. The third kappa shape index (κ3) is 5.67. The minimum atomic E-state index is -0.532. The summed E-state index contributed by atoms with van der Waals surface area (Å²) in [4.78, 5) is 9.70. The maximum Gasteiger partial charge on any atom is 0.218 e. The van der Waals surface area contributed by atoms with Gasteiger partial charge in [0.2, 0.25) is 6.67 Å². The van der Waals surface area contributed by atoms with Crippen molar-refractivity contribution in [3.63, 3.8) is 0 Å². The lowest BCUT2D eigenvalue weighted by Crippen LogP contribution is -2.30. The van der Waals surface area contributed by atoms with Crippen molar-refractivity contribution in [2.45, 2.75) is 67.5 Å². The van der Waals surface area contributed by atoms with E-state index < -0.39 is 5.16 Å². The van der Waals surface area contributed by atoms with Crippen LogP contribution in [-0.4, -0.2) is 4.98 Å².